The Labute approximate surface area is 199 Å². The van der Waals surface area contributed by atoms with Gasteiger partial charge in [-0.3, -0.25) is 19.3 Å². The second-order valence-corrected chi connectivity index (χ2v) is 10.1. The quantitative estimate of drug-likeness (QED) is 0.317. The second kappa shape index (κ2) is 10.5. The molecule has 2 heterocycles. The molecule has 186 valence electrons. The summed E-state index contributed by atoms with van der Waals surface area (Å²) in [6.45, 7) is 1.61. The Kier molecular flexibility index (Phi) is 7.48. The molecule has 2 fully saturated rings. The molecule has 3 aliphatic rings. The van der Waals surface area contributed by atoms with Gasteiger partial charge in [-0.2, -0.15) is 0 Å². The van der Waals surface area contributed by atoms with Gasteiger partial charge in [0.2, 0.25) is 17.7 Å². The van der Waals surface area contributed by atoms with Crippen LogP contribution >= 0.6 is 0 Å². The molecule has 4 rings (SSSR count). The van der Waals surface area contributed by atoms with Gasteiger partial charge in [0.25, 0.3) is 11.8 Å². The smallest absolute Gasteiger partial charge is 0.253 e. The normalized spacial score (nSPS) is 23.4. The van der Waals surface area contributed by atoms with E-state index in [1.54, 1.807) is 0 Å². The molecule has 3 N–H and O–H groups in total. The molecule has 0 atom stereocenters. The fraction of sp³-hybridized carbons (Fsp3) is 0.640. The zero-order valence-electron chi connectivity index (χ0n) is 19.6. The Bertz CT molecular complexity index is 890. The van der Waals surface area contributed by atoms with Gasteiger partial charge in [-0.1, -0.05) is 12.8 Å². The minimum Gasteiger partial charge on any atom is -0.492 e. The van der Waals surface area contributed by atoms with E-state index in [0.717, 1.165) is 68.9 Å². The highest BCUT2D eigenvalue weighted by molar-refractivity contribution is 6.12. The fourth-order valence-corrected chi connectivity index (χ4v) is 5.01. The molecule has 0 saturated heterocycles. The molecule has 1 aromatic rings. The number of rotatable bonds is 12. The van der Waals surface area contributed by atoms with Gasteiger partial charge in [0, 0.05) is 48.7 Å². The van der Waals surface area contributed by atoms with Crippen molar-refractivity contribution in [1.82, 2.24) is 14.9 Å². The Balaban J connectivity index is 1.05. The van der Waals surface area contributed by atoms with Gasteiger partial charge < -0.3 is 20.4 Å². The predicted octanol–water partition coefficient (Wildman–Crippen LogP) is 2.52. The topological polar surface area (TPSA) is 121 Å². The Morgan fingerprint density at radius 1 is 1.00 bits per heavy atom. The summed E-state index contributed by atoms with van der Waals surface area (Å²) < 4.78 is 1.06. The van der Waals surface area contributed by atoms with Crippen molar-refractivity contribution in [2.75, 3.05) is 19.7 Å². The number of aromatic nitrogens is 1. The summed E-state index contributed by atoms with van der Waals surface area (Å²) >= 11 is 0. The molecular weight excluding hydrogens is 438 g/mol. The number of aromatic hydroxyl groups is 2. The van der Waals surface area contributed by atoms with E-state index in [1.165, 1.54) is 29.2 Å². The maximum atomic E-state index is 12.5. The van der Waals surface area contributed by atoms with E-state index in [0.29, 0.717) is 19.7 Å². The summed E-state index contributed by atoms with van der Waals surface area (Å²) in [7, 11) is 0. The van der Waals surface area contributed by atoms with Gasteiger partial charge in [0.1, 0.15) is 6.61 Å². The lowest BCUT2D eigenvalue weighted by atomic mass is 9.81. The minimum absolute atomic E-state index is 0.0211. The number of amides is 3. The highest BCUT2D eigenvalue weighted by Gasteiger charge is 2.43. The van der Waals surface area contributed by atoms with E-state index >= 15 is 0 Å². The zero-order valence-corrected chi connectivity index (χ0v) is 19.6. The van der Waals surface area contributed by atoms with Crippen LogP contribution in [-0.2, 0) is 14.4 Å². The maximum absolute atomic E-state index is 12.5. The molecular formula is C25H35N3O6. The first-order valence-corrected chi connectivity index (χ1v) is 12.4. The molecule has 0 radical (unpaired) electrons. The van der Waals surface area contributed by atoms with Crippen LogP contribution in [0.1, 0.15) is 64.2 Å². The molecule has 9 nitrogen and oxygen atoms in total. The predicted molar refractivity (Wildman–Crippen MR) is 124 cm³/mol. The van der Waals surface area contributed by atoms with Crippen molar-refractivity contribution < 1.29 is 29.4 Å². The number of unbranched alkanes of at least 4 members (excludes halogenated alkanes) is 2. The monoisotopic (exact) mass is 473 g/mol. The van der Waals surface area contributed by atoms with Crippen LogP contribution < -0.4 is 10.2 Å². The van der Waals surface area contributed by atoms with Crippen LogP contribution in [0.15, 0.2) is 24.3 Å². The molecule has 1 aromatic heterocycles. The van der Waals surface area contributed by atoms with Crippen molar-refractivity contribution in [3.8, 4) is 11.8 Å². The van der Waals surface area contributed by atoms with Gasteiger partial charge in [-0.15, -0.1) is 4.73 Å². The lowest BCUT2D eigenvalue weighted by Gasteiger charge is -2.30. The third-order valence-corrected chi connectivity index (χ3v) is 7.50. The van der Waals surface area contributed by atoms with Gasteiger partial charge in [0.05, 0.1) is 0 Å². The number of carbonyl (C=O) groups excluding carboxylic acids is 3. The number of carbonyl (C=O) groups is 3. The van der Waals surface area contributed by atoms with Crippen LogP contribution in [0.25, 0.3) is 0 Å². The fourth-order valence-electron chi connectivity index (χ4n) is 5.01. The van der Waals surface area contributed by atoms with Crippen LogP contribution in [0.3, 0.4) is 0 Å². The molecule has 0 spiro atoms. The van der Waals surface area contributed by atoms with Crippen LogP contribution in [0.4, 0.5) is 0 Å². The number of hydrogen-bond acceptors (Lipinski definition) is 6. The average Bonchev–Trinajstić information content (AvgIpc) is 3.44. The molecule has 1 aliphatic heterocycles. The van der Waals surface area contributed by atoms with E-state index in [4.69, 9.17) is 4.84 Å². The van der Waals surface area contributed by atoms with Crippen LogP contribution in [0.2, 0.25) is 0 Å². The highest BCUT2D eigenvalue weighted by Crippen LogP contribution is 2.49. The molecule has 0 aromatic carbocycles. The minimum atomic E-state index is -0.232. The summed E-state index contributed by atoms with van der Waals surface area (Å²) in [5.41, 5.74) is 0.130. The maximum Gasteiger partial charge on any atom is 0.253 e. The SMILES string of the molecule is O=C(NCCCCCC1(COn2c(O)ccc2O)CC1)C1CCC(CN2C(=O)C=CC2=O)CC1. The number of nitrogens with one attached hydrogen (secondary N) is 1. The molecule has 2 saturated carbocycles. The van der Waals surface area contributed by atoms with Crippen molar-refractivity contribution in [1.29, 1.82) is 0 Å². The Hall–Kier alpha value is -2.97. The van der Waals surface area contributed by atoms with Crippen molar-refractivity contribution in [3.05, 3.63) is 24.3 Å². The third-order valence-electron chi connectivity index (χ3n) is 7.50. The van der Waals surface area contributed by atoms with E-state index in [9.17, 15) is 24.6 Å². The van der Waals surface area contributed by atoms with Crippen LogP contribution in [-0.4, -0.2) is 57.3 Å². The highest BCUT2D eigenvalue weighted by atomic mass is 16.7. The number of hydrogen-bond donors (Lipinski definition) is 3. The summed E-state index contributed by atoms with van der Waals surface area (Å²) in [4.78, 5) is 42.8. The summed E-state index contributed by atoms with van der Waals surface area (Å²) in [6, 6.07) is 2.79. The molecule has 3 amide bonds. The average molecular weight is 474 g/mol. The van der Waals surface area contributed by atoms with Gasteiger partial charge in [-0.05, 0) is 57.3 Å². The molecule has 0 bridgehead atoms. The van der Waals surface area contributed by atoms with Crippen molar-refractivity contribution >= 4 is 17.7 Å². The largest absolute Gasteiger partial charge is 0.492 e. The van der Waals surface area contributed by atoms with Crippen LogP contribution in [0.5, 0.6) is 11.8 Å². The number of imide groups is 1. The van der Waals surface area contributed by atoms with Crippen molar-refractivity contribution in [2.24, 2.45) is 17.3 Å². The molecule has 9 heteroatoms. The second-order valence-electron chi connectivity index (χ2n) is 10.1. The van der Waals surface area contributed by atoms with E-state index in [-0.39, 0.29) is 46.7 Å². The summed E-state index contributed by atoms with van der Waals surface area (Å²) in [6.07, 6.45) is 12.2. The third kappa shape index (κ3) is 5.93. The first-order valence-electron chi connectivity index (χ1n) is 12.4. The first kappa shape index (κ1) is 24.2. The lowest BCUT2D eigenvalue weighted by Crippen LogP contribution is -2.38. The number of nitrogens with zero attached hydrogens (tertiary/aromatic N) is 2. The van der Waals surface area contributed by atoms with Crippen molar-refractivity contribution in [3.63, 3.8) is 0 Å². The summed E-state index contributed by atoms with van der Waals surface area (Å²) in [5.74, 6) is -0.257. The van der Waals surface area contributed by atoms with Gasteiger partial charge >= 0.3 is 0 Å². The van der Waals surface area contributed by atoms with Gasteiger partial charge in [-0.25, -0.2) is 0 Å². The molecule has 2 aliphatic carbocycles. The van der Waals surface area contributed by atoms with Crippen LogP contribution in [0, 0.1) is 17.3 Å². The Morgan fingerprint density at radius 2 is 1.65 bits per heavy atom. The molecule has 0 unspecified atom stereocenters. The van der Waals surface area contributed by atoms with E-state index in [1.807, 2.05) is 0 Å². The van der Waals surface area contributed by atoms with Gasteiger partial charge in [0.15, 0.2) is 0 Å². The Morgan fingerprint density at radius 3 is 2.26 bits per heavy atom. The first-order chi connectivity index (χ1) is 16.4. The molecule has 34 heavy (non-hydrogen) atoms. The van der Waals surface area contributed by atoms with E-state index < -0.39 is 0 Å². The summed E-state index contributed by atoms with van der Waals surface area (Å²) in [5, 5.41) is 22.4. The standard InChI is InChI=1S/C25H35N3O6/c29-20-8-9-21(30)27(20)16-18-4-6-19(7-5-18)24(33)26-15-3-1-2-12-25(13-14-25)17-34-28-22(31)10-11-23(28)32/h8-11,18-19,31-32H,1-7,12-17H2,(H,26,33). The van der Waals surface area contributed by atoms with Crippen molar-refractivity contribution in [2.45, 2.75) is 64.2 Å². The lowest BCUT2D eigenvalue weighted by molar-refractivity contribution is -0.138. The zero-order chi connectivity index (χ0) is 24.1. The van der Waals surface area contributed by atoms with E-state index in [2.05, 4.69) is 5.32 Å².